The summed E-state index contributed by atoms with van der Waals surface area (Å²) < 4.78 is 21.4. The second-order valence-electron chi connectivity index (χ2n) is 7.38. The summed E-state index contributed by atoms with van der Waals surface area (Å²) in [6.45, 7) is 2.81. The maximum absolute atomic E-state index is 13.7. The van der Waals surface area contributed by atoms with Gasteiger partial charge in [-0.25, -0.2) is 14.4 Å². The lowest BCUT2D eigenvalue weighted by atomic mass is 10.2. The molecule has 2 aromatic carbocycles. The van der Waals surface area contributed by atoms with Crippen LogP contribution in [0.1, 0.15) is 18.1 Å². The largest absolute Gasteiger partial charge is 0.494 e. The van der Waals surface area contributed by atoms with Gasteiger partial charge in [-0.3, -0.25) is 9.36 Å². The average molecular weight is 478 g/mol. The summed E-state index contributed by atoms with van der Waals surface area (Å²) in [5.74, 6) is 1.04. The van der Waals surface area contributed by atoms with E-state index in [0.29, 0.717) is 34.3 Å². The molecule has 0 fully saturated rings. The Morgan fingerprint density at radius 2 is 1.91 bits per heavy atom. The number of pyridine rings is 1. The van der Waals surface area contributed by atoms with Crippen molar-refractivity contribution in [2.45, 2.75) is 24.4 Å². The highest BCUT2D eigenvalue weighted by atomic mass is 32.2. The van der Waals surface area contributed by atoms with Crippen molar-refractivity contribution < 1.29 is 9.13 Å². The number of halogens is 1. The molecule has 0 N–H and O–H groups in total. The second-order valence-corrected chi connectivity index (χ2v) is 9.32. The van der Waals surface area contributed by atoms with Gasteiger partial charge >= 0.3 is 0 Å². The van der Waals surface area contributed by atoms with Crippen LogP contribution in [0.3, 0.4) is 0 Å². The summed E-state index contributed by atoms with van der Waals surface area (Å²) in [6, 6.07) is 17.9. The summed E-state index contributed by atoms with van der Waals surface area (Å²) in [6.07, 6.45) is 1.72. The predicted octanol–water partition coefficient (Wildman–Crippen LogP) is 5.88. The molecule has 5 aromatic rings. The molecule has 5 rings (SSSR count). The molecule has 0 saturated heterocycles. The third-order valence-electron chi connectivity index (χ3n) is 5.20. The molecule has 0 amide bonds. The van der Waals surface area contributed by atoms with Crippen molar-refractivity contribution >= 4 is 43.5 Å². The Hall–Kier alpha value is -3.23. The van der Waals surface area contributed by atoms with Crippen molar-refractivity contribution in [3.63, 3.8) is 0 Å². The first-order valence-electron chi connectivity index (χ1n) is 10.5. The van der Waals surface area contributed by atoms with Crippen LogP contribution in [0.5, 0.6) is 5.75 Å². The molecule has 3 heterocycles. The summed E-state index contributed by atoms with van der Waals surface area (Å²) in [5, 5.41) is 1.48. The summed E-state index contributed by atoms with van der Waals surface area (Å²) in [7, 11) is 0. The third-order valence-corrected chi connectivity index (χ3v) is 7.34. The first-order chi connectivity index (χ1) is 16.1. The Morgan fingerprint density at radius 1 is 1.09 bits per heavy atom. The van der Waals surface area contributed by atoms with Gasteiger partial charge in [0.1, 0.15) is 21.1 Å². The Bertz CT molecular complexity index is 1500. The maximum Gasteiger partial charge on any atom is 0.272 e. The van der Waals surface area contributed by atoms with E-state index in [1.807, 2.05) is 43.3 Å². The average Bonchev–Trinajstić information content (AvgIpc) is 3.21. The monoisotopic (exact) mass is 477 g/mol. The fourth-order valence-electron chi connectivity index (χ4n) is 3.62. The topological polar surface area (TPSA) is 57.0 Å². The Balaban J connectivity index is 1.62. The Labute approximate surface area is 197 Å². The van der Waals surface area contributed by atoms with Gasteiger partial charge in [0.25, 0.3) is 5.56 Å². The lowest BCUT2D eigenvalue weighted by molar-refractivity contribution is 0.335. The number of ether oxygens (including phenoxy) is 1. The molecule has 0 aliphatic carbocycles. The second kappa shape index (κ2) is 9.33. The zero-order valence-electron chi connectivity index (χ0n) is 17.8. The number of fused-ring (bicyclic) bond motifs is 3. The van der Waals surface area contributed by atoms with Crippen molar-refractivity contribution in [1.29, 1.82) is 0 Å². The van der Waals surface area contributed by atoms with Crippen LogP contribution in [-0.2, 0) is 12.3 Å². The maximum atomic E-state index is 13.7. The molecule has 8 heteroatoms. The molecule has 0 atom stereocenters. The van der Waals surface area contributed by atoms with Gasteiger partial charge in [0.2, 0.25) is 0 Å². The first kappa shape index (κ1) is 21.6. The normalized spacial score (nSPS) is 11.3. The van der Waals surface area contributed by atoms with Crippen LogP contribution in [0.15, 0.2) is 76.8 Å². The smallest absolute Gasteiger partial charge is 0.272 e. The molecule has 0 spiro atoms. The van der Waals surface area contributed by atoms with Gasteiger partial charge in [-0.15, -0.1) is 11.3 Å². The van der Waals surface area contributed by atoms with Gasteiger partial charge < -0.3 is 4.74 Å². The minimum absolute atomic E-state index is 0.101. The Morgan fingerprint density at radius 3 is 2.73 bits per heavy atom. The van der Waals surface area contributed by atoms with Gasteiger partial charge in [-0.2, -0.15) is 0 Å². The number of nitrogens with zero attached hydrogens (tertiary/aromatic N) is 3. The van der Waals surface area contributed by atoms with Gasteiger partial charge in [-0.1, -0.05) is 42.1 Å². The molecular weight excluding hydrogens is 457 g/mol. The highest BCUT2D eigenvalue weighted by Crippen LogP contribution is 2.32. The molecule has 0 unspecified atom stereocenters. The zero-order valence-corrected chi connectivity index (χ0v) is 19.5. The highest BCUT2D eigenvalue weighted by molar-refractivity contribution is 7.98. The van der Waals surface area contributed by atoms with Crippen LogP contribution in [-0.4, -0.2) is 21.1 Å². The summed E-state index contributed by atoms with van der Waals surface area (Å²) in [4.78, 5) is 23.8. The molecule has 0 radical (unpaired) electrons. The van der Waals surface area contributed by atoms with E-state index in [1.54, 1.807) is 22.9 Å². The van der Waals surface area contributed by atoms with Crippen LogP contribution >= 0.6 is 23.1 Å². The summed E-state index contributed by atoms with van der Waals surface area (Å²) in [5.41, 5.74) is 2.43. The van der Waals surface area contributed by atoms with Gasteiger partial charge in [0.15, 0.2) is 5.16 Å². The Kier molecular flexibility index (Phi) is 6.11. The van der Waals surface area contributed by atoms with Crippen molar-refractivity contribution in [3.05, 3.63) is 94.2 Å². The molecule has 0 saturated carbocycles. The minimum Gasteiger partial charge on any atom is -0.494 e. The van der Waals surface area contributed by atoms with E-state index in [9.17, 15) is 9.18 Å². The number of thioether (sulfide) groups is 1. The molecule has 0 aliphatic heterocycles. The van der Waals surface area contributed by atoms with Crippen molar-refractivity contribution in [2.75, 3.05) is 6.61 Å². The van der Waals surface area contributed by atoms with E-state index in [2.05, 4.69) is 4.98 Å². The molecular formula is C25H20FN3O2S2. The van der Waals surface area contributed by atoms with Crippen LogP contribution in [0.4, 0.5) is 4.39 Å². The van der Waals surface area contributed by atoms with Gasteiger partial charge in [0.05, 0.1) is 18.7 Å². The highest BCUT2D eigenvalue weighted by Gasteiger charge is 2.18. The number of hydrogen-bond acceptors (Lipinski definition) is 6. The summed E-state index contributed by atoms with van der Waals surface area (Å²) >= 11 is 2.82. The number of benzene rings is 2. The van der Waals surface area contributed by atoms with Crippen molar-refractivity contribution in [3.8, 4) is 5.75 Å². The minimum atomic E-state index is -0.273. The molecule has 3 aromatic heterocycles. The SMILES string of the molecule is CCOc1ccccc1Cn1c(SCc2ccc(F)cc2)nc2c(sc3ncccc32)c1=O. The van der Waals surface area contributed by atoms with Crippen LogP contribution in [0.25, 0.3) is 20.4 Å². The number of hydrogen-bond donors (Lipinski definition) is 0. The first-order valence-corrected chi connectivity index (χ1v) is 12.3. The van der Waals surface area contributed by atoms with Crippen molar-refractivity contribution in [1.82, 2.24) is 14.5 Å². The molecule has 0 aliphatic rings. The standard InChI is InChI=1S/C25H20FN3O2S2/c1-2-31-20-8-4-3-6-17(20)14-29-24(30)22-21(19-7-5-13-27-23(19)33-22)28-25(29)32-15-16-9-11-18(26)12-10-16/h3-13H,2,14-15H2,1H3. The number of thiophene rings is 1. The van der Waals surface area contributed by atoms with Crippen molar-refractivity contribution in [2.24, 2.45) is 0 Å². The van der Waals surface area contributed by atoms with E-state index >= 15 is 0 Å². The van der Waals surface area contributed by atoms with Crippen LogP contribution in [0.2, 0.25) is 0 Å². The third kappa shape index (κ3) is 4.36. The molecule has 166 valence electrons. The molecule has 5 nitrogen and oxygen atoms in total. The quantitative estimate of drug-likeness (QED) is 0.216. The molecule has 0 bridgehead atoms. The van der Waals surface area contributed by atoms with E-state index in [1.165, 1.54) is 35.2 Å². The fraction of sp³-hybridized carbons (Fsp3) is 0.160. The predicted molar refractivity (Wildman–Crippen MR) is 132 cm³/mol. The lowest BCUT2D eigenvalue weighted by Gasteiger charge is -2.15. The van der Waals surface area contributed by atoms with Crippen LogP contribution in [0, 0.1) is 5.82 Å². The van der Waals surface area contributed by atoms with E-state index in [0.717, 1.165) is 27.1 Å². The zero-order chi connectivity index (χ0) is 22.8. The van der Waals surface area contributed by atoms with Gasteiger partial charge in [0, 0.05) is 22.9 Å². The lowest BCUT2D eigenvalue weighted by Crippen LogP contribution is -2.23. The van der Waals surface area contributed by atoms with Crippen LogP contribution < -0.4 is 10.3 Å². The van der Waals surface area contributed by atoms with Gasteiger partial charge in [-0.05, 0) is 42.8 Å². The number of para-hydroxylation sites is 1. The number of aromatic nitrogens is 3. The molecule has 33 heavy (non-hydrogen) atoms. The fourth-order valence-corrected chi connectivity index (χ4v) is 5.60. The van der Waals surface area contributed by atoms with E-state index in [-0.39, 0.29) is 11.4 Å². The number of rotatable bonds is 7. The van der Waals surface area contributed by atoms with E-state index < -0.39 is 0 Å². The van der Waals surface area contributed by atoms with E-state index in [4.69, 9.17) is 9.72 Å².